The van der Waals surface area contributed by atoms with Gasteiger partial charge in [-0.15, -0.1) is 0 Å². The maximum Gasteiger partial charge on any atom is 0.416 e. The van der Waals surface area contributed by atoms with Crippen molar-refractivity contribution in [3.63, 3.8) is 0 Å². The first kappa shape index (κ1) is 26.7. The Bertz CT molecular complexity index is 1030. The minimum Gasteiger partial charge on any atom is -0.380 e. The molecule has 0 spiro atoms. The highest BCUT2D eigenvalue weighted by molar-refractivity contribution is 5.87. The Morgan fingerprint density at radius 3 is 2.22 bits per heavy atom. The van der Waals surface area contributed by atoms with Gasteiger partial charge in [-0.1, -0.05) is 6.08 Å². The molecule has 1 aliphatic heterocycles. The van der Waals surface area contributed by atoms with Crippen LogP contribution in [0, 0.1) is 17.8 Å². The molecule has 4 rings (SSSR count). The van der Waals surface area contributed by atoms with Crippen LogP contribution < -0.4 is 5.32 Å². The van der Waals surface area contributed by atoms with Gasteiger partial charge in [-0.05, 0) is 79.9 Å². The molecular weight excluding hydrogens is 495 g/mol. The molecular formula is C25H26F7NO3. The van der Waals surface area contributed by atoms with E-state index in [1.165, 1.54) is 19.1 Å². The van der Waals surface area contributed by atoms with Crippen molar-refractivity contribution in [3.8, 4) is 0 Å². The topological polar surface area (TPSA) is 58.6 Å². The SMILES string of the molecule is CC1(O)C[C@H](C2CCC(OCc3cc(C(F)(F)F)cc(C(F)(F)F)c3)[C@H]2C2C=CC(F)=CC2)NC1=O. The first-order chi connectivity index (χ1) is 16.6. The van der Waals surface area contributed by atoms with Crippen LogP contribution in [0.5, 0.6) is 0 Å². The van der Waals surface area contributed by atoms with E-state index in [0.29, 0.717) is 31.4 Å². The Morgan fingerprint density at radius 2 is 1.72 bits per heavy atom. The molecule has 1 heterocycles. The lowest BCUT2D eigenvalue weighted by Crippen LogP contribution is -2.40. The smallest absolute Gasteiger partial charge is 0.380 e. The predicted octanol–water partition coefficient (Wildman–Crippen LogP) is 5.70. The number of allylic oxidation sites excluding steroid dienone is 4. The van der Waals surface area contributed by atoms with E-state index in [9.17, 15) is 40.6 Å². The molecule has 4 nitrogen and oxygen atoms in total. The minimum atomic E-state index is -4.96. The van der Waals surface area contributed by atoms with Gasteiger partial charge in [-0.3, -0.25) is 4.79 Å². The van der Waals surface area contributed by atoms with E-state index >= 15 is 0 Å². The Hall–Kier alpha value is -2.40. The Morgan fingerprint density at radius 1 is 1.08 bits per heavy atom. The second-order valence-corrected chi connectivity index (χ2v) is 9.99. The van der Waals surface area contributed by atoms with Gasteiger partial charge in [0.2, 0.25) is 0 Å². The summed E-state index contributed by atoms with van der Waals surface area (Å²) in [6, 6.07) is 0.967. The van der Waals surface area contributed by atoms with E-state index in [1.807, 2.05) is 0 Å². The summed E-state index contributed by atoms with van der Waals surface area (Å²) >= 11 is 0. The molecule has 36 heavy (non-hydrogen) atoms. The Kier molecular flexibility index (Phi) is 7.02. The van der Waals surface area contributed by atoms with Crippen LogP contribution in [0.4, 0.5) is 30.7 Å². The molecule has 2 aliphatic carbocycles. The molecule has 1 amide bonds. The van der Waals surface area contributed by atoms with Gasteiger partial charge in [0, 0.05) is 12.5 Å². The second-order valence-electron chi connectivity index (χ2n) is 9.99. The molecule has 0 bridgehead atoms. The molecule has 1 saturated carbocycles. The van der Waals surface area contributed by atoms with Crippen molar-refractivity contribution < 1.29 is 45.4 Å². The first-order valence-corrected chi connectivity index (χ1v) is 11.6. The number of amides is 1. The maximum atomic E-state index is 13.6. The third-order valence-corrected chi connectivity index (χ3v) is 7.34. The van der Waals surface area contributed by atoms with Crippen LogP contribution in [0.15, 0.2) is 42.3 Å². The van der Waals surface area contributed by atoms with Crippen molar-refractivity contribution in [1.29, 1.82) is 0 Å². The summed E-state index contributed by atoms with van der Waals surface area (Å²) in [7, 11) is 0. The second kappa shape index (κ2) is 9.48. The monoisotopic (exact) mass is 521 g/mol. The Balaban J connectivity index is 1.57. The van der Waals surface area contributed by atoms with E-state index in [2.05, 4.69) is 5.32 Å². The normalized spacial score (nSPS) is 33.1. The minimum absolute atomic E-state index is 0.0697. The fourth-order valence-electron chi connectivity index (χ4n) is 5.63. The van der Waals surface area contributed by atoms with E-state index < -0.39 is 53.5 Å². The fraction of sp³-hybridized carbons (Fsp3) is 0.560. The summed E-state index contributed by atoms with van der Waals surface area (Å²) in [5.41, 5.74) is -4.64. The van der Waals surface area contributed by atoms with Gasteiger partial charge in [0.1, 0.15) is 11.4 Å². The summed E-state index contributed by atoms with van der Waals surface area (Å²) in [6.45, 7) is 0.932. The standard InChI is InChI=1S/C25H26F7NO3/c1-23(35)11-19(33-22(23)34)18-6-7-20(21(18)14-2-4-17(26)5-3-14)36-12-13-8-15(24(27,28)29)10-16(9-13)25(30,31)32/h2,4-5,8-10,14,18-21,35H,3,6-7,11-12H2,1H3,(H,33,34)/t14?,18?,19-,20?,21+,23?/m1/s1. The van der Waals surface area contributed by atoms with Gasteiger partial charge in [0.15, 0.2) is 0 Å². The van der Waals surface area contributed by atoms with Crippen LogP contribution >= 0.6 is 0 Å². The molecule has 4 unspecified atom stereocenters. The molecule has 3 aliphatic rings. The number of hydrogen-bond donors (Lipinski definition) is 2. The number of carbonyl (C=O) groups excluding carboxylic acids is 1. The zero-order valence-electron chi connectivity index (χ0n) is 19.3. The fourth-order valence-corrected chi connectivity index (χ4v) is 5.63. The molecule has 198 valence electrons. The lowest BCUT2D eigenvalue weighted by atomic mass is 9.75. The number of carbonyl (C=O) groups is 1. The van der Waals surface area contributed by atoms with Crippen molar-refractivity contribution in [3.05, 3.63) is 58.9 Å². The quantitative estimate of drug-likeness (QED) is 0.489. The maximum absolute atomic E-state index is 13.6. The highest BCUT2D eigenvalue weighted by Gasteiger charge is 2.51. The lowest BCUT2D eigenvalue weighted by molar-refractivity contribution is -0.143. The lowest BCUT2D eigenvalue weighted by Gasteiger charge is -2.34. The van der Waals surface area contributed by atoms with Gasteiger partial charge >= 0.3 is 12.4 Å². The third-order valence-electron chi connectivity index (χ3n) is 7.34. The number of benzene rings is 1. The zero-order valence-corrected chi connectivity index (χ0v) is 19.3. The number of hydrogen-bond acceptors (Lipinski definition) is 3. The summed E-state index contributed by atoms with van der Waals surface area (Å²) in [4.78, 5) is 12.2. The number of alkyl halides is 6. The van der Waals surface area contributed by atoms with Gasteiger partial charge in [0.05, 0.1) is 23.8 Å². The zero-order chi connectivity index (χ0) is 26.5. The van der Waals surface area contributed by atoms with Gasteiger partial charge in [-0.25, -0.2) is 4.39 Å². The Labute approximate surface area is 203 Å². The van der Waals surface area contributed by atoms with E-state index in [0.717, 1.165) is 0 Å². The highest BCUT2D eigenvalue weighted by atomic mass is 19.4. The molecule has 1 aromatic carbocycles. The largest absolute Gasteiger partial charge is 0.416 e. The van der Waals surface area contributed by atoms with E-state index in [-0.39, 0.29) is 41.8 Å². The van der Waals surface area contributed by atoms with E-state index in [4.69, 9.17) is 4.74 Å². The molecule has 6 atom stereocenters. The van der Waals surface area contributed by atoms with Crippen LogP contribution in [-0.2, 0) is 28.5 Å². The number of nitrogens with one attached hydrogen (secondary N) is 1. The predicted molar refractivity (Wildman–Crippen MR) is 115 cm³/mol. The van der Waals surface area contributed by atoms with Crippen LogP contribution in [0.25, 0.3) is 0 Å². The summed E-state index contributed by atoms with van der Waals surface area (Å²) in [5.74, 6) is -1.60. The van der Waals surface area contributed by atoms with Crippen molar-refractivity contribution in [2.45, 2.75) is 69.3 Å². The molecule has 0 radical (unpaired) electrons. The van der Waals surface area contributed by atoms with Gasteiger partial charge in [-0.2, -0.15) is 26.3 Å². The molecule has 1 aromatic rings. The number of ether oxygens (including phenoxy) is 1. The summed E-state index contributed by atoms with van der Waals surface area (Å²) < 4.78 is 98.9. The first-order valence-electron chi connectivity index (χ1n) is 11.6. The number of rotatable bonds is 5. The van der Waals surface area contributed by atoms with Gasteiger partial charge in [0.25, 0.3) is 5.91 Å². The molecule has 2 fully saturated rings. The number of aliphatic hydroxyl groups is 1. The van der Waals surface area contributed by atoms with Crippen LogP contribution in [0.3, 0.4) is 0 Å². The molecule has 2 N–H and O–H groups in total. The summed E-state index contributed by atoms with van der Waals surface area (Å²) in [6.07, 6.45) is -4.58. The molecule has 0 aromatic heterocycles. The third kappa shape index (κ3) is 5.61. The highest BCUT2D eigenvalue weighted by Crippen LogP contribution is 2.46. The van der Waals surface area contributed by atoms with Crippen molar-refractivity contribution in [2.24, 2.45) is 17.8 Å². The van der Waals surface area contributed by atoms with Crippen molar-refractivity contribution >= 4 is 5.91 Å². The van der Waals surface area contributed by atoms with E-state index in [1.54, 1.807) is 6.08 Å². The average Bonchev–Trinajstić information content (AvgIpc) is 3.31. The van der Waals surface area contributed by atoms with Crippen molar-refractivity contribution in [2.75, 3.05) is 0 Å². The summed E-state index contributed by atoms with van der Waals surface area (Å²) in [5, 5.41) is 13.1. The van der Waals surface area contributed by atoms with Gasteiger partial charge < -0.3 is 15.2 Å². The van der Waals surface area contributed by atoms with Crippen LogP contribution in [0.1, 0.15) is 49.3 Å². The molecule has 1 saturated heterocycles. The van der Waals surface area contributed by atoms with Crippen LogP contribution in [0.2, 0.25) is 0 Å². The average molecular weight is 521 g/mol. The molecule has 11 heteroatoms. The van der Waals surface area contributed by atoms with Crippen molar-refractivity contribution in [1.82, 2.24) is 5.32 Å². The number of halogens is 7. The van der Waals surface area contributed by atoms with Crippen LogP contribution in [-0.4, -0.2) is 28.8 Å².